The molecule has 26 heavy (non-hydrogen) atoms. The highest BCUT2D eigenvalue weighted by atomic mass is 19.2. The van der Waals surface area contributed by atoms with Crippen molar-refractivity contribution in [3.8, 4) is 5.75 Å². The fourth-order valence-corrected chi connectivity index (χ4v) is 2.41. The average molecular weight is 362 g/mol. The number of phenols is 1. The van der Waals surface area contributed by atoms with Gasteiger partial charge in [0, 0.05) is 17.9 Å². The van der Waals surface area contributed by atoms with Crippen molar-refractivity contribution < 1.29 is 18.7 Å². The van der Waals surface area contributed by atoms with Gasteiger partial charge >= 0.3 is 0 Å². The number of amides is 1. The van der Waals surface area contributed by atoms with Crippen molar-refractivity contribution in [1.82, 2.24) is 0 Å². The van der Waals surface area contributed by atoms with Crippen LogP contribution in [0.15, 0.2) is 48.5 Å². The van der Waals surface area contributed by atoms with Crippen LogP contribution in [0, 0.1) is 0 Å². The average Bonchev–Trinajstić information content (AvgIpc) is 2.66. The maximum Gasteiger partial charge on any atom is 0.261 e. The zero-order valence-corrected chi connectivity index (χ0v) is 14.7. The Kier molecular flexibility index (Phi) is 7.38. The van der Waals surface area contributed by atoms with E-state index in [0.29, 0.717) is 18.7 Å². The number of benzene rings is 2. The van der Waals surface area contributed by atoms with Crippen molar-refractivity contribution in [3.63, 3.8) is 0 Å². The van der Waals surface area contributed by atoms with Crippen molar-refractivity contribution in [3.05, 3.63) is 54.1 Å². The highest BCUT2D eigenvalue weighted by molar-refractivity contribution is 5.94. The molecule has 4 nitrogen and oxygen atoms in total. The monoisotopic (exact) mass is 362 g/mol. The Morgan fingerprint density at radius 3 is 2.27 bits per heavy atom. The summed E-state index contributed by atoms with van der Waals surface area (Å²) in [6.45, 7) is 2.46. The van der Waals surface area contributed by atoms with E-state index in [0.717, 1.165) is 17.7 Å². The molecular formula is C20H24F2N2O2. The third kappa shape index (κ3) is 6.02. The number of hydrogen-bond donors (Lipinski definition) is 3. The molecule has 140 valence electrons. The van der Waals surface area contributed by atoms with Crippen LogP contribution in [0.4, 0.5) is 20.2 Å². The molecule has 0 heterocycles. The number of phenolic OH excluding ortho intramolecular Hbond substituents is 1. The summed E-state index contributed by atoms with van der Waals surface area (Å²) >= 11 is 0. The van der Waals surface area contributed by atoms with Crippen molar-refractivity contribution in [1.29, 1.82) is 0 Å². The molecule has 0 saturated heterocycles. The van der Waals surface area contributed by atoms with Gasteiger partial charge in [-0.15, -0.1) is 0 Å². The number of halogens is 2. The molecule has 0 radical (unpaired) electrons. The molecule has 1 amide bonds. The minimum Gasteiger partial charge on any atom is -0.508 e. The standard InChI is InChI=1S/C20H24F2N2O2/c1-2-3-4-18(21)19(22)20(26)24-16-9-7-15(8-10-16)23-13-14-5-11-17(25)12-6-14/h5-12,18-19,23,25H,2-4,13H2,1H3,(H,24,26)/t18-,19-/m0/s1. The Balaban J connectivity index is 1.84. The molecule has 0 fully saturated rings. The van der Waals surface area contributed by atoms with Gasteiger partial charge in [0.05, 0.1) is 0 Å². The number of carbonyl (C=O) groups is 1. The lowest BCUT2D eigenvalue weighted by Gasteiger charge is -2.14. The summed E-state index contributed by atoms with van der Waals surface area (Å²) in [5, 5.41) is 14.8. The van der Waals surface area contributed by atoms with E-state index < -0.39 is 18.3 Å². The highest BCUT2D eigenvalue weighted by Gasteiger charge is 2.27. The number of nitrogens with one attached hydrogen (secondary N) is 2. The summed E-state index contributed by atoms with van der Waals surface area (Å²) in [5.41, 5.74) is 2.23. The molecule has 0 aliphatic carbocycles. The Labute approximate surface area is 152 Å². The molecule has 0 bridgehead atoms. The Hall–Kier alpha value is -2.63. The first-order valence-corrected chi connectivity index (χ1v) is 8.70. The molecule has 2 aromatic carbocycles. The van der Waals surface area contributed by atoms with Gasteiger partial charge in [0.15, 0.2) is 0 Å². The lowest BCUT2D eigenvalue weighted by Crippen LogP contribution is -2.32. The summed E-state index contributed by atoms with van der Waals surface area (Å²) in [5.74, 6) is -0.747. The topological polar surface area (TPSA) is 61.4 Å². The quantitative estimate of drug-likeness (QED) is 0.600. The molecule has 0 saturated carbocycles. The first-order chi connectivity index (χ1) is 12.5. The second kappa shape index (κ2) is 9.75. The van der Waals surface area contributed by atoms with Crippen molar-refractivity contribution in [2.45, 2.75) is 45.1 Å². The molecule has 2 rings (SSSR count). The molecule has 3 N–H and O–H groups in total. The van der Waals surface area contributed by atoms with Crippen molar-refractivity contribution in [2.75, 3.05) is 10.6 Å². The lowest BCUT2D eigenvalue weighted by molar-refractivity contribution is -0.123. The van der Waals surface area contributed by atoms with Gasteiger partial charge in [0.25, 0.3) is 5.91 Å². The van der Waals surface area contributed by atoms with E-state index in [2.05, 4.69) is 10.6 Å². The summed E-state index contributed by atoms with van der Waals surface area (Å²) < 4.78 is 27.4. The molecule has 0 aromatic heterocycles. The highest BCUT2D eigenvalue weighted by Crippen LogP contribution is 2.18. The number of unbranched alkanes of at least 4 members (excludes halogenated alkanes) is 1. The fourth-order valence-electron chi connectivity index (χ4n) is 2.41. The number of hydrogen-bond acceptors (Lipinski definition) is 3. The Morgan fingerprint density at radius 2 is 1.65 bits per heavy atom. The van der Waals surface area contributed by atoms with E-state index in [1.165, 1.54) is 0 Å². The fraction of sp³-hybridized carbons (Fsp3) is 0.350. The predicted octanol–water partition coefficient (Wildman–Crippen LogP) is 4.81. The van der Waals surface area contributed by atoms with E-state index in [4.69, 9.17) is 0 Å². The maximum absolute atomic E-state index is 13.8. The van der Waals surface area contributed by atoms with Crippen LogP contribution in [-0.2, 0) is 11.3 Å². The third-order valence-electron chi connectivity index (χ3n) is 3.99. The number of anilines is 2. The van der Waals surface area contributed by atoms with Gasteiger partial charge < -0.3 is 15.7 Å². The number of alkyl halides is 2. The van der Waals surface area contributed by atoms with Crippen LogP contribution in [0.3, 0.4) is 0 Å². The van der Waals surface area contributed by atoms with Crippen LogP contribution in [0.2, 0.25) is 0 Å². The van der Waals surface area contributed by atoms with E-state index in [1.54, 1.807) is 36.4 Å². The van der Waals surface area contributed by atoms with E-state index in [-0.39, 0.29) is 12.2 Å². The van der Waals surface area contributed by atoms with Crippen LogP contribution >= 0.6 is 0 Å². The van der Waals surface area contributed by atoms with Crippen LogP contribution < -0.4 is 10.6 Å². The van der Waals surface area contributed by atoms with Crippen LogP contribution in [0.5, 0.6) is 5.75 Å². The smallest absolute Gasteiger partial charge is 0.261 e. The second-order valence-electron chi connectivity index (χ2n) is 6.15. The van der Waals surface area contributed by atoms with Crippen molar-refractivity contribution in [2.24, 2.45) is 0 Å². The van der Waals surface area contributed by atoms with Crippen LogP contribution in [0.25, 0.3) is 0 Å². The van der Waals surface area contributed by atoms with Gasteiger partial charge in [-0.25, -0.2) is 8.78 Å². The van der Waals surface area contributed by atoms with Gasteiger partial charge in [-0.05, 0) is 48.4 Å². The molecule has 0 unspecified atom stereocenters. The second-order valence-corrected chi connectivity index (χ2v) is 6.15. The molecule has 6 heteroatoms. The van der Waals surface area contributed by atoms with E-state index >= 15 is 0 Å². The first kappa shape index (κ1) is 19.7. The third-order valence-corrected chi connectivity index (χ3v) is 3.99. The van der Waals surface area contributed by atoms with Crippen molar-refractivity contribution >= 4 is 17.3 Å². The zero-order valence-electron chi connectivity index (χ0n) is 14.7. The van der Waals surface area contributed by atoms with E-state index in [9.17, 15) is 18.7 Å². The number of aromatic hydroxyl groups is 1. The Bertz CT molecular complexity index is 690. The zero-order chi connectivity index (χ0) is 18.9. The molecular weight excluding hydrogens is 338 g/mol. The van der Waals surface area contributed by atoms with E-state index in [1.807, 2.05) is 19.1 Å². The summed E-state index contributed by atoms with van der Waals surface area (Å²) in [6.07, 6.45) is -2.58. The minimum atomic E-state index is -2.16. The molecule has 2 aromatic rings. The number of rotatable bonds is 9. The molecule has 2 atom stereocenters. The Morgan fingerprint density at radius 1 is 1.04 bits per heavy atom. The summed E-state index contributed by atoms with van der Waals surface area (Å²) in [7, 11) is 0. The first-order valence-electron chi connectivity index (χ1n) is 8.70. The SMILES string of the molecule is CCCC[C@H](F)[C@H](F)C(=O)Nc1ccc(NCc2ccc(O)cc2)cc1. The number of carbonyl (C=O) groups excluding carboxylic acids is 1. The van der Waals surface area contributed by atoms with Gasteiger partial charge in [-0.1, -0.05) is 31.9 Å². The summed E-state index contributed by atoms with van der Waals surface area (Å²) in [4.78, 5) is 11.8. The van der Waals surface area contributed by atoms with Gasteiger partial charge in [0.1, 0.15) is 11.9 Å². The maximum atomic E-state index is 13.8. The summed E-state index contributed by atoms with van der Waals surface area (Å²) in [6, 6.07) is 13.6. The molecule has 0 aliphatic heterocycles. The van der Waals surface area contributed by atoms with Gasteiger partial charge in [-0.2, -0.15) is 0 Å². The van der Waals surface area contributed by atoms with Crippen LogP contribution in [-0.4, -0.2) is 23.4 Å². The minimum absolute atomic E-state index is 0.0468. The predicted molar refractivity (Wildman–Crippen MR) is 99.8 cm³/mol. The largest absolute Gasteiger partial charge is 0.508 e. The van der Waals surface area contributed by atoms with Gasteiger partial charge in [0.2, 0.25) is 6.17 Å². The van der Waals surface area contributed by atoms with Gasteiger partial charge in [-0.3, -0.25) is 4.79 Å². The molecule has 0 spiro atoms. The molecule has 0 aliphatic rings. The lowest BCUT2D eigenvalue weighted by atomic mass is 10.1. The van der Waals surface area contributed by atoms with Crippen LogP contribution in [0.1, 0.15) is 31.7 Å². The normalized spacial score (nSPS) is 13.0.